The van der Waals surface area contributed by atoms with Crippen LogP contribution in [0, 0.1) is 29.8 Å². The molecule has 0 spiro atoms. The Morgan fingerprint density at radius 3 is 2.50 bits per heavy atom. The summed E-state index contributed by atoms with van der Waals surface area (Å²) in [6.45, 7) is 3.80. The summed E-state index contributed by atoms with van der Waals surface area (Å²) < 4.78 is 15.9. The van der Waals surface area contributed by atoms with Crippen LogP contribution in [0.2, 0.25) is 0 Å². The fourth-order valence-electron chi connectivity index (χ4n) is 2.76. The number of hydrogen-bond acceptors (Lipinski definition) is 4. The van der Waals surface area contributed by atoms with Crippen LogP contribution in [0.4, 0.5) is 15.8 Å². The summed E-state index contributed by atoms with van der Waals surface area (Å²) in [6.07, 6.45) is 1.64. The molecule has 2 aromatic carbocycles. The molecule has 6 nitrogen and oxygen atoms in total. The molecule has 3 rings (SSSR count). The zero-order valence-electron chi connectivity index (χ0n) is 14.3. The average Bonchev–Trinajstić information content (AvgIpc) is 2.90. The van der Waals surface area contributed by atoms with Gasteiger partial charge in [-0.25, -0.2) is 4.39 Å². The van der Waals surface area contributed by atoms with E-state index in [4.69, 9.17) is 0 Å². The molecule has 0 amide bonds. The van der Waals surface area contributed by atoms with Crippen molar-refractivity contribution in [3.8, 4) is 5.69 Å². The smallest absolute Gasteiger partial charge is 0.269 e. The van der Waals surface area contributed by atoms with Crippen molar-refractivity contribution in [2.24, 2.45) is 5.10 Å². The van der Waals surface area contributed by atoms with Crippen molar-refractivity contribution in [2.75, 3.05) is 5.43 Å². The molecule has 132 valence electrons. The second-order valence-electron chi connectivity index (χ2n) is 5.79. The number of aryl methyl sites for hydroxylation is 1. The molecule has 1 N–H and O–H groups in total. The number of halogens is 1. The Labute approximate surface area is 149 Å². The molecular formula is C19H17FN4O2. The van der Waals surface area contributed by atoms with Gasteiger partial charge < -0.3 is 4.57 Å². The van der Waals surface area contributed by atoms with Crippen molar-refractivity contribution in [1.29, 1.82) is 0 Å². The SMILES string of the molecule is Cc1cc(/C=N/Nc2ccc([N+](=O)[O-])cc2)c(C)n1-c1ccccc1F. The Bertz CT molecular complexity index is 978. The Kier molecular flexibility index (Phi) is 4.79. The van der Waals surface area contributed by atoms with Crippen LogP contribution in [0.5, 0.6) is 0 Å². The van der Waals surface area contributed by atoms with Crippen molar-refractivity contribution >= 4 is 17.6 Å². The molecule has 0 unspecified atom stereocenters. The van der Waals surface area contributed by atoms with Gasteiger partial charge in [0.25, 0.3) is 5.69 Å². The van der Waals surface area contributed by atoms with Crippen LogP contribution < -0.4 is 5.43 Å². The lowest BCUT2D eigenvalue weighted by molar-refractivity contribution is -0.384. The highest BCUT2D eigenvalue weighted by Gasteiger charge is 2.12. The first-order chi connectivity index (χ1) is 12.5. The molecule has 0 aliphatic heterocycles. The summed E-state index contributed by atoms with van der Waals surface area (Å²) in [5, 5.41) is 14.8. The van der Waals surface area contributed by atoms with Crippen LogP contribution in [0.1, 0.15) is 17.0 Å². The Morgan fingerprint density at radius 1 is 1.15 bits per heavy atom. The molecule has 1 aromatic heterocycles. The fourth-order valence-corrected chi connectivity index (χ4v) is 2.76. The number of hydrazone groups is 1. The zero-order valence-corrected chi connectivity index (χ0v) is 14.3. The van der Waals surface area contributed by atoms with Crippen molar-refractivity contribution in [3.05, 3.63) is 87.5 Å². The van der Waals surface area contributed by atoms with Gasteiger partial charge >= 0.3 is 0 Å². The number of para-hydroxylation sites is 1. The van der Waals surface area contributed by atoms with Gasteiger partial charge in [0.05, 0.1) is 22.5 Å². The van der Waals surface area contributed by atoms with E-state index in [0.29, 0.717) is 11.4 Å². The highest BCUT2D eigenvalue weighted by Crippen LogP contribution is 2.22. The zero-order chi connectivity index (χ0) is 18.7. The normalized spacial score (nSPS) is 11.0. The van der Waals surface area contributed by atoms with Gasteiger partial charge in [-0.15, -0.1) is 0 Å². The van der Waals surface area contributed by atoms with Gasteiger partial charge in [-0.1, -0.05) is 12.1 Å². The van der Waals surface area contributed by atoms with Crippen molar-refractivity contribution < 1.29 is 9.31 Å². The van der Waals surface area contributed by atoms with Crippen LogP contribution >= 0.6 is 0 Å². The van der Waals surface area contributed by atoms with E-state index in [9.17, 15) is 14.5 Å². The second-order valence-corrected chi connectivity index (χ2v) is 5.79. The molecule has 0 atom stereocenters. The third-order valence-electron chi connectivity index (χ3n) is 4.04. The first-order valence-corrected chi connectivity index (χ1v) is 7.95. The standard InChI is InChI=1S/C19H17FN4O2/c1-13-11-15(14(2)23(13)19-6-4-3-5-18(19)20)12-21-22-16-7-9-17(10-8-16)24(25)26/h3-12,22H,1-2H3/b21-12+. The molecular weight excluding hydrogens is 335 g/mol. The minimum atomic E-state index is -0.454. The van der Waals surface area contributed by atoms with E-state index in [0.717, 1.165) is 17.0 Å². The number of anilines is 1. The molecule has 1 heterocycles. The summed E-state index contributed by atoms with van der Waals surface area (Å²) >= 11 is 0. The number of non-ortho nitro benzene ring substituents is 1. The first kappa shape index (κ1) is 17.3. The third kappa shape index (κ3) is 3.46. The molecule has 0 fully saturated rings. The predicted octanol–water partition coefficient (Wildman–Crippen LogP) is 4.59. The van der Waals surface area contributed by atoms with Gasteiger partial charge in [0, 0.05) is 29.1 Å². The lowest BCUT2D eigenvalue weighted by Crippen LogP contribution is -2.02. The van der Waals surface area contributed by atoms with Crippen molar-refractivity contribution in [1.82, 2.24) is 4.57 Å². The minimum Gasteiger partial charge on any atom is -0.315 e. The molecule has 7 heteroatoms. The van der Waals surface area contributed by atoms with E-state index >= 15 is 0 Å². The number of rotatable bonds is 5. The number of benzene rings is 2. The number of hydrogen-bond donors (Lipinski definition) is 1. The number of nitrogens with zero attached hydrogens (tertiary/aromatic N) is 3. The van der Waals surface area contributed by atoms with E-state index < -0.39 is 4.92 Å². The monoisotopic (exact) mass is 352 g/mol. The van der Waals surface area contributed by atoms with E-state index in [1.807, 2.05) is 24.5 Å². The Balaban J connectivity index is 1.80. The number of nitrogens with one attached hydrogen (secondary N) is 1. The maximum Gasteiger partial charge on any atom is 0.269 e. The molecule has 0 bridgehead atoms. The molecule has 0 aliphatic carbocycles. The van der Waals surface area contributed by atoms with E-state index in [1.54, 1.807) is 36.5 Å². The van der Waals surface area contributed by atoms with Gasteiger partial charge in [0.1, 0.15) is 5.82 Å². The van der Waals surface area contributed by atoms with Crippen molar-refractivity contribution in [2.45, 2.75) is 13.8 Å². The molecule has 0 saturated carbocycles. The minimum absolute atomic E-state index is 0.0213. The maximum atomic E-state index is 14.1. The predicted molar refractivity (Wildman–Crippen MR) is 99.5 cm³/mol. The van der Waals surface area contributed by atoms with Gasteiger partial charge in [-0.05, 0) is 44.2 Å². The van der Waals surface area contributed by atoms with E-state index in [-0.39, 0.29) is 11.5 Å². The van der Waals surface area contributed by atoms with Gasteiger partial charge in [-0.2, -0.15) is 5.10 Å². The van der Waals surface area contributed by atoms with Gasteiger partial charge in [0.2, 0.25) is 0 Å². The summed E-state index contributed by atoms with van der Waals surface area (Å²) in [7, 11) is 0. The quantitative estimate of drug-likeness (QED) is 0.415. The first-order valence-electron chi connectivity index (χ1n) is 7.95. The van der Waals surface area contributed by atoms with Gasteiger partial charge in [-0.3, -0.25) is 15.5 Å². The highest BCUT2D eigenvalue weighted by molar-refractivity contribution is 5.82. The van der Waals surface area contributed by atoms with Crippen LogP contribution in [-0.2, 0) is 0 Å². The summed E-state index contributed by atoms with van der Waals surface area (Å²) in [6, 6.07) is 14.5. The van der Waals surface area contributed by atoms with E-state index in [2.05, 4.69) is 10.5 Å². The average molecular weight is 352 g/mol. The summed E-state index contributed by atoms with van der Waals surface area (Å²) in [4.78, 5) is 10.2. The summed E-state index contributed by atoms with van der Waals surface area (Å²) in [5.41, 5.74) is 6.58. The Hall–Kier alpha value is -3.48. The topological polar surface area (TPSA) is 72.5 Å². The molecule has 26 heavy (non-hydrogen) atoms. The van der Waals surface area contributed by atoms with Crippen LogP contribution in [0.15, 0.2) is 59.7 Å². The summed E-state index contributed by atoms with van der Waals surface area (Å²) in [5.74, 6) is -0.290. The lowest BCUT2D eigenvalue weighted by atomic mass is 10.2. The molecule has 3 aromatic rings. The van der Waals surface area contributed by atoms with Crippen LogP contribution in [0.3, 0.4) is 0 Å². The van der Waals surface area contributed by atoms with E-state index in [1.165, 1.54) is 18.2 Å². The largest absolute Gasteiger partial charge is 0.315 e. The number of nitro groups is 1. The van der Waals surface area contributed by atoms with Crippen LogP contribution in [-0.4, -0.2) is 15.7 Å². The van der Waals surface area contributed by atoms with Crippen LogP contribution in [0.25, 0.3) is 5.69 Å². The fraction of sp³-hybridized carbons (Fsp3) is 0.105. The maximum absolute atomic E-state index is 14.1. The lowest BCUT2D eigenvalue weighted by Gasteiger charge is -2.10. The molecule has 0 saturated heterocycles. The number of aromatic nitrogens is 1. The second kappa shape index (κ2) is 7.18. The molecule has 0 radical (unpaired) electrons. The van der Waals surface area contributed by atoms with Gasteiger partial charge in [0.15, 0.2) is 0 Å². The molecule has 0 aliphatic rings. The van der Waals surface area contributed by atoms with Crippen molar-refractivity contribution in [3.63, 3.8) is 0 Å². The Morgan fingerprint density at radius 2 is 1.85 bits per heavy atom. The number of nitro benzene ring substituents is 1. The third-order valence-corrected chi connectivity index (χ3v) is 4.04. The highest BCUT2D eigenvalue weighted by atomic mass is 19.1.